The Kier molecular flexibility index (Phi) is 4.80. The van der Waals surface area contributed by atoms with Gasteiger partial charge in [0.1, 0.15) is 0 Å². The Morgan fingerprint density at radius 1 is 1.17 bits per heavy atom. The van der Waals surface area contributed by atoms with E-state index < -0.39 is 0 Å². The highest BCUT2D eigenvalue weighted by Gasteiger charge is 2.24. The Bertz CT molecular complexity index is 364. The molecule has 0 aromatic heterocycles. The van der Waals surface area contributed by atoms with Gasteiger partial charge in [0.25, 0.3) is 0 Å². The van der Waals surface area contributed by atoms with Crippen molar-refractivity contribution in [2.75, 3.05) is 11.9 Å². The van der Waals surface area contributed by atoms with Crippen LogP contribution < -0.4 is 4.90 Å². The SMILES string of the molecule is CC[C@@H](O)c1ccc(N(C)C(C)C(C)(C)C)cc1. The zero-order valence-electron chi connectivity index (χ0n) is 12.6. The van der Waals surface area contributed by atoms with Crippen LogP contribution in [0.3, 0.4) is 0 Å². The van der Waals surface area contributed by atoms with Gasteiger partial charge in [0.05, 0.1) is 6.10 Å². The molecule has 1 N–H and O–H groups in total. The van der Waals surface area contributed by atoms with Gasteiger partial charge >= 0.3 is 0 Å². The van der Waals surface area contributed by atoms with E-state index in [0.29, 0.717) is 6.04 Å². The number of hydrogen-bond donors (Lipinski definition) is 1. The zero-order chi connectivity index (χ0) is 13.9. The normalized spacial score (nSPS) is 15.3. The highest BCUT2D eigenvalue weighted by Crippen LogP contribution is 2.28. The Morgan fingerprint density at radius 2 is 1.67 bits per heavy atom. The van der Waals surface area contributed by atoms with Crippen molar-refractivity contribution in [3.8, 4) is 0 Å². The lowest BCUT2D eigenvalue weighted by molar-refractivity contribution is 0.173. The van der Waals surface area contributed by atoms with Crippen LogP contribution in [-0.4, -0.2) is 18.2 Å². The Labute approximate surface area is 112 Å². The highest BCUT2D eigenvalue weighted by molar-refractivity contribution is 5.48. The largest absolute Gasteiger partial charge is 0.388 e. The summed E-state index contributed by atoms with van der Waals surface area (Å²) in [5.74, 6) is 0. The van der Waals surface area contributed by atoms with Crippen molar-refractivity contribution in [3.05, 3.63) is 29.8 Å². The first-order chi connectivity index (χ1) is 8.27. The lowest BCUT2D eigenvalue weighted by Gasteiger charge is -2.37. The van der Waals surface area contributed by atoms with Crippen LogP contribution in [0.5, 0.6) is 0 Å². The van der Waals surface area contributed by atoms with Crippen LogP contribution in [0.1, 0.15) is 52.7 Å². The fourth-order valence-electron chi connectivity index (χ4n) is 1.97. The molecule has 0 aliphatic carbocycles. The summed E-state index contributed by atoms with van der Waals surface area (Å²) in [6, 6.07) is 8.69. The summed E-state index contributed by atoms with van der Waals surface area (Å²) in [4.78, 5) is 2.29. The summed E-state index contributed by atoms with van der Waals surface area (Å²) >= 11 is 0. The van der Waals surface area contributed by atoms with Crippen LogP contribution in [0.2, 0.25) is 0 Å². The molecule has 0 aliphatic heterocycles. The molecule has 1 aromatic carbocycles. The molecule has 0 saturated carbocycles. The number of aliphatic hydroxyl groups is 1. The maximum Gasteiger partial charge on any atom is 0.0787 e. The molecule has 2 heteroatoms. The summed E-state index contributed by atoms with van der Waals surface area (Å²) in [5.41, 5.74) is 2.44. The molecule has 1 aromatic rings. The van der Waals surface area contributed by atoms with E-state index in [-0.39, 0.29) is 11.5 Å². The fraction of sp³-hybridized carbons (Fsp3) is 0.625. The van der Waals surface area contributed by atoms with Crippen molar-refractivity contribution in [1.82, 2.24) is 0 Å². The Morgan fingerprint density at radius 3 is 2.06 bits per heavy atom. The van der Waals surface area contributed by atoms with Gasteiger partial charge in [-0.05, 0) is 36.5 Å². The van der Waals surface area contributed by atoms with Crippen LogP contribution in [-0.2, 0) is 0 Å². The Hall–Kier alpha value is -1.02. The minimum absolute atomic E-state index is 0.246. The molecular formula is C16H27NO. The summed E-state index contributed by atoms with van der Waals surface area (Å²) in [5, 5.41) is 9.78. The molecule has 0 fully saturated rings. The molecule has 0 amide bonds. The van der Waals surface area contributed by atoms with E-state index in [1.165, 1.54) is 5.69 Å². The van der Waals surface area contributed by atoms with Crippen molar-refractivity contribution in [2.24, 2.45) is 5.41 Å². The van der Waals surface area contributed by atoms with Gasteiger partial charge < -0.3 is 10.0 Å². The highest BCUT2D eigenvalue weighted by atomic mass is 16.3. The minimum atomic E-state index is -0.343. The first kappa shape index (κ1) is 15.0. The molecule has 0 radical (unpaired) electrons. The lowest BCUT2D eigenvalue weighted by Crippen LogP contribution is -2.39. The summed E-state index contributed by atoms with van der Waals surface area (Å²) < 4.78 is 0. The maximum absolute atomic E-state index is 9.78. The van der Waals surface area contributed by atoms with Crippen molar-refractivity contribution < 1.29 is 5.11 Å². The van der Waals surface area contributed by atoms with Crippen molar-refractivity contribution in [3.63, 3.8) is 0 Å². The molecule has 0 heterocycles. The van der Waals surface area contributed by atoms with Crippen LogP contribution in [0.25, 0.3) is 0 Å². The number of nitrogens with zero attached hydrogens (tertiary/aromatic N) is 1. The third kappa shape index (κ3) is 3.49. The van der Waals surface area contributed by atoms with Crippen molar-refractivity contribution >= 4 is 5.69 Å². The molecule has 18 heavy (non-hydrogen) atoms. The molecule has 1 rings (SSSR count). The van der Waals surface area contributed by atoms with Gasteiger partial charge in [0, 0.05) is 18.8 Å². The molecule has 2 atom stereocenters. The number of aliphatic hydroxyl groups excluding tert-OH is 1. The first-order valence-electron chi connectivity index (χ1n) is 6.78. The van der Waals surface area contributed by atoms with E-state index in [1.54, 1.807) is 0 Å². The first-order valence-corrected chi connectivity index (χ1v) is 6.78. The average Bonchev–Trinajstić information content (AvgIpc) is 2.35. The summed E-state index contributed by atoms with van der Waals surface area (Å²) in [7, 11) is 2.13. The molecule has 0 bridgehead atoms. The molecular weight excluding hydrogens is 222 g/mol. The molecule has 2 nitrogen and oxygen atoms in total. The maximum atomic E-state index is 9.78. The van der Waals surface area contributed by atoms with E-state index in [0.717, 1.165) is 12.0 Å². The third-order valence-corrected chi connectivity index (χ3v) is 3.91. The van der Waals surface area contributed by atoms with Crippen LogP contribution in [0.4, 0.5) is 5.69 Å². The van der Waals surface area contributed by atoms with Gasteiger partial charge in [-0.15, -0.1) is 0 Å². The monoisotopic (exact) mass is 249 g/mol. The van der Waals surface area contributed by atoms with Crippen molar-refractivity contribution in [2.45, 2.75) is 53.2 Å². The zero-order valence-corrected chi connectivity index (χ0v) is 12.6. The van der Waals surface area contributed by atoms with Crippen LogP contribution in [0, 0.1) is 5.41 Å². The number of benzene rings is 1. The van der Waals surface area contributed by atoms with Gasteiger partial charge in [-0.3, -0.25) is 0 Å². The van der Waals surface area contributed by atoms with Gasteiger partial charge in [-0.1, -0.05) is 39.8 Å². The second-order valence-corrected chi connectivity index (χ2v) is 6.17. The van der Waals surface area contributed by atoms with Gasteiger partial charge in [-0.2, -0.15) is 0 Å². The van der Waals surface area contributed by atoms with Gasteiger partial charge in [0.2, 0.25) is 0 Å². The summed E-state index contributed by atoms with van der Waals surface area (Å²) in [6.45, 7) is 11.0. The minimum Gasteiger partial charge on any atom is -0.388 e. The predicted molar refractivity (Wildman–Crippen MR) is 79.0 cm³/mol. The molecule has 102 valence electrons. The Balaban J connectivity index is 2.85. The topological polar surface area (TPSA) is 23.5 Å². The molecule has 1 unspecified atom stereocenters. The van der Waals surface area contributed by atoms with Gasteiger partial charge in [0.15, 0.2) is 0 Å². The molecule has 0 aliphatic rings. The van der Waals surface area contributed by atoms with E-state index in [1.807, 2.05) is 19.1 Å². The number of rotatable bonds is 4. The smallest absolute Gasteiger partial charge is 0.0787 e. The quantitative estimate of drug-likeness (QED) is 0.872. The van der Waals surface area contributed by atoms with E-state index in [2.05, 4.69) is 51.8 Å². The molecule has 0 spiro atoms. The molecule has 0 saturated heterocycles. The number of hydrogen-bond acceptors (Lipinski definition) is 2. The predicted octanol–water partition coefficient (Wildman–Crippen LogP) is 4.00. The van der Waals surface area contributed by atoms with Crippen molar-refractivity contribution in [1.29, 1.82) is 0 Å². The fourth-order valence-corrected chi connectivity index (χ4v) is 1.97. The lowest BCUT2D eigenvalue weighted by atomic mass is 9.87. The average molecular weight is 249 g/mol. The third-order valence-electron chi connectivity index (χ3n) is 3.91. The van der Waals surface area contributed by atoms with Gasteiger partial charge in [-0.25, -0.2) is 0 Å². The second kappa shape index (κ2) is 5.75. The van der Waals surface area contributed by atoms with Crippen LogP contribution in [0.15, 0.2) is 24.3 Å². The summed E-state index contributed by atoms with van der Waals surface area (Å²) in [6.07, 6.45) is 0.414. The standard InChI is InChI=1S/C16H27NO/c1-7-15(18)13-8-10-14(11-9-13)17(6)12(2)16(3,4)5/h8-12,15,18H,7H2,1-6H3/t12?,15-/m1/s1. The number of anilines is 1. The van der Waals surface area contributed by atoms with E-state index in [4.69, 9.17) is 0 Å². The van der Waals surface area contributed by atoms with Crippen LogP contribution >= 0.6 is 0 Å². The van der Waals surface area contributed by atoms with E-state index in [9.17, 15) is 5.11 Å². The van der Waals surface area contributed by atoms with E-state index >= 15 is 0 Å². The second-order valence-electron chi connectivity index (χ2n) is 6.17.